The molecule has 2 N–H and O–H groups in total. The van der Waals surface area contributed by atoms with Gasteiger partial charge in [0, 0.05) is 4.88 Å². The van der Waals surface area contributed by atoms with Crippen molar-refractivity contribution in [2.24, 2.45) is 0 Å². The van der Waals surface area contributed by atoms with Crippen LogP contribution >= 0.6 is 11.3 Å². The number of nitrogens with zero attached hydrogens (tertiary/aromatic N) is 1. The zero-order chi connectivity index (χ0) is 17.9. The van der Waals surface area contributed by atoms with E-state index in [9.17, 15) is 13.2 Å². The van der Waals surface area contributed by atoms with Gasteiger partial charge in [-0.25, -0.2) is 8.42 Å². The van der Waals surface area contributed by atoms with Crippen LogP contribution in [0.2, 0.25) is 0 Å². The first kappa shape index (κ1) is 17.6. The average Bonchev–Trinajstić information content (AvgIpc) is 2.90. The van der Waals surface area contributed by atoms with Gasteiger partial charge in [0.05, 0.1) is 21.4 Å². The molecular weight excluding hydrogens is 358 g/mol. The molecule has 0 aliphatic heterocycles. The zero-order valence-electron chi connectivity index (χ0n) is 13.4. The molecule has 3 rings (SSSR count). The van der Waals surface area contributed by atoms with Gasteiger partial charge in [0.1, 0.15) is 0 Å². The Morgan fingerprint density at radius 1 is 1.12 bits per heavy atom. The van der Waals surface area contributed by atoms with Crippen LogP contribution in [0.3, 0.4) is 0 Å². The van der Waals surface area contributed by atoms with Gasteiger partial charge in [0.25, 0.3) is 15.9 Å². The molecule has 1 aromatic carbocycles. The summed E-state index contributed by atoms with van der Waals surface area (Å²) in [6.45, 7) is 0. The van der Waals surface area contributed by atoms with E-state index in [1.807, 2.05) is 12.1 Å². The summed E-state index contributed by atoms with van der Waals surface area (Å²) in [4.78, 5) is 16.1. The van der Waals surface area contributed by atoms with Crippen molar-refractivity contribution in [2.45, 2.75) is 37.0 Å². The van der Waals surface area contributed by atoms with Crippen molar-refractivity contribution in [1.82, 2.24) is 10.3 Å². The first-order chi connectivity index (χ1) is 12.0. The minimum atomic E-state index is -3.88. The maximum atomic E-state index is 12.3. The number of amides is 1. The molecule has 0 atom stereocenters. The van der Waals surface area contributed by atoms with Gasteiger partial charge < -0.3 is 0 Å². The number of hydrogen-bond acceptors (Lipinski definition) is 5. The Morgan fingerprint density at radius 3 is 2.56 bits per heavy atom. The first-order valence-corrected chi connectivity index (χ1v) is 10.2. The number of hydrogen-bond donors (Lipinski definition) is 2. The summed E-state index contributed by atoms with van der Waals surface area (Å²) < 4.78 is 24.4. The van der Waals surface area contributed by atoms with Gasteiger partial charge in [-0.15, -0.1) is 16.2 Å². The normalized spacial score (nSPS) is 14.2. The number of benzene rings is 1. The van der Waals surface area contributed by atoms with Gasteiger partial charge in [0.15, 0.2) is 0 Å². The SMILES string of the molecule is N#Cc1ccc(S(=O)(=O)NNC(=O)c2cc3c(s2)CCCCC3)cc1. The Kier molecular flexibility index (Phi) is 5.18. The maximum absolute atomic E-state index is 12.3. The quantitative estimate of drug-likeness (QED) is 0.633. The second kappa shape index (κ2) is 7.35. The van der Waals surface area contributed by atoms with E-state index >= 15 is 0 Å². The minimum Gasteiger partial charge on any atom is -0.273 e. The number of fused-ring (bicyclic) bond motifs is 1. The van der Waals surface area contributed by atoms with E-state index in [0.717, 1.165) is 25.7 Å². The molecule has 1 aromatic heterocycles. The van der Waals surface area contributed by atoms with Crippen LogP contribution in [-0.4, -0.2) is 14.3 Å². The van der Waals surface area contributed by atoms with Crippen LogP contribution in [0.4, 0.5) is 0 Å². The fourth-order valence-electron chi connectivity index (χ4n) is 2.72. The Balaban J connectivity index is 1.68. The molecule has 0 saturated heterocycles. The van der Waals surface area contributed by atoms with Crippen molar-refractivity contribution in [3.05, 3.63) is 51.2 Å². The Labute approximate surface area is 150 Å². The highest BCUT2D eigenvalue weighted by Crippen LogP contribution is 2.28. The van der Waals surface area contributed by atoms with Crippen LogP contribution in [0.1, 0.15) is 44.9 Å². The topological polar surface area (TPSA) is 99.1 Å². The molecule has 0 fully saturated rings. The number of sulfonamides is 1. The molecular formula is C17H17N3O3S2. The molecule has 8 heteroatoms. The average molecular weight is 375 g/mol. The lowest BCUT2D eigenvalue weighted by atomic mass is 10.1. The summed E-state index contributed by atoms with van der Waals surface area (Å²) >= 11 is 1.43. The second-order valence-corrected chi connectivity index (χ2v) is 8.63. The van der Waals surface area contributed by atoms with Crippen molar-refractivity contribution in [3.63, 3.8) is 0 Å². The van der Waals surface area contributed by atoms with Crippen molar-refractivity contribution >= 4 is 27.3 Å². The maximum Gasteiger partial charge on any atom is 0.276 e. The van der Waals surface area contributed by atoms with Crippen molar-refractivity contribution in [3.8, 4) is 6.07 Å². The molecule has 1 aliphatic carbocycles. The lowest BCUT2D eigenvalue weighted by Crippen LogP contribution is -2.41. The van der Waals surface area contributed by atoms with Gasteiger partial charge in [-0.1, -0.05) is 6.42 Å². The predicted molar refractivity (Wildman–Crippen MR) is 94.5 cm³/mol. The highest BCUT2D eigenvalue weighted by molar-refractivity contribution is 7.89. The molecule has 0 saturated carbocycles. The summed E-state index contributed by atoms with van der Waals surface area (Å²) in [6, 6.07) is 9.24. The van der Waals surface area contributed by atoms with E-state index in [2.05, 4.69) is 10.3 Å². The van der Waals surface area contributed by atoms with Crippen LogP contribution < -0.4 is 10.3 Å². The number of thiophene rings is 1. The lowest BCUT2D eigenvalue weighted by molar-refractivity contribution is 0.0949. The molecule has 6 nitrogen and oxygen atoms in total. The van der Waals surface area contributed by atoms with Crippen LogP contribution in [0.15, 0.2) is 35.2 Å². The van der Waals surface area contributed by atoms with Gasteiger partial charge in [0.2, 0.25) is 0 Å². The number of rotatable bonds is 4. The molecule has 0 radical (unpaired) electrons. The zero-order valence-corrected chi connectivity index (χ0v) is 15.0. The molecule has 1 heterocycles. The molecule has 130 valence electrons. The molecule has 0 bridgehead atoms. The van der Waals surface area contributed by atoms with E-state index < -0.39 is 15.9 Å². The molecule has 0 unspecified atom stereocenters. The third-order valence-electron chi connectivity index (χ3n) is 4.06. The Bertz CT molecular complexity index is 902. The standard InChI is InChI=1S/C17H17N3O3S2/c18-11-12-6-8-14(9-7-12)25(22,23)20-19-17(21)16-10-13-4-2-1-3-5-15(13)24-16/h6-10,20H,1-5H2,(H,19,21). The van der Waals surface area contributed by atoms with E-state index in [-0.39, 0.29) is 4.90 Å². The van der Waals surface area contributed by atoms with Crippen LogP contribution in [0.25, 0.3) is 0 Å². The molecule has 1 amide bonds. The van der Waals surface area contributed by atoms with E-state index in [4.69, 9.17) is 5.26 Å². The highest BCUT2D eigenvalue weighted by Gasteiger charge is 2.19. The van der Waals surface area contributed by atoms with Crippen molar-refractivity contribution in [1.29, 1.82) is 5.26 Å². The lowest BCUT2D eigenvalue weighted by Gasteiger charge is -2.07. The van der Waals surface area contributed by atoms with E-state index in [0.29, 0.717) is 10.4 Å². The van der Waals surface area contributed by atoms with Gasteiger partial charge >= 0.3 is 0 Å². The Hall–Kier alpha value is -2.21. The summed E-state index contributed by atoms with van der Waals surface area (Å²) in [6.07, 6.45) is 5.39. The first-order valence-electron chi connectivity index (χ1n) is 7.93. The number of nitriles is 1. The molecule has 1 aliphatic rings. The summed E-state index contributed by atoms with van der Waals surface area (Å²) in [5.74, 6) is -0.463. The van der Waals surface area contributed by atoms with Crippen molar-refractivity contribution < 1.29 is 13.2 Å². The number of nitrogens with one attached hydrogen (secondary N) is 2. The van der Waals surface area contributed by atoms with Crippen LogP contribution in [-0.2, 0) is 22.9 Å². The summed E-state index contributed by atoms with van der Waals surface area (Å²) in [7, 11) is -3.88. The largest absolute Gasteiger partial charge is 0.276 e. The fraction of sp³-hybridized carbons (Fsp3) is 0.294. The Morgan fingerprint density at radius 2 is 1.84 bits per heavy atom. The number of carbonyl (C=O) groups excluding carboxylic acids is 1. The monoisotopic (exact) mass is 375 g/mol. The number of carbonyl (C=O) groups is 1. The third-order valence-corrected chi connectivity index (χ3v) is 6.56. The summed E-state index contributed by atoms with van der Waals surface area (Å²) in [5.41, 5.74) is 3.82. The number of aryl methyl sites for hydroxylation is 2. The van der Waals surface area contributed by atoms with Gasteiger partial charge in [-0.2, -0.15) is 5.26 Å². The molecule has 2 aromatic rings. The van der Waals surface area contributed by atoms with Crippen LogP contribution in [0.5, 0.6) is 0 Å². The third kappa shape index (κ3) is 4.07. The number of hydrazine groups is 1. The molecule has 25 heavy (non-hydrogen) atoms. The van der Waals surface area contributed by atoms with Gasteiger partial charge in [-0.05, 0) is 61.6 Å². The van der Waals surface area contributed by atoms with Crippen LogP contribution in [0, 0.1) is 11.3 Å². The smallest absolute Gasteiger partial charge is 0.273 e. The van der Waals surface area contributed by atoms with E-state index in [1.165, 1.54) is 52.5 Å². The minimum absolute atomic E-state index is 0.0197. The summed E-state index contributed by atoms with van der Waals surface area (Å²) in [5, 5.41) is 8.75. The predicted octanol–water partition coefficient (Wildman–Crippen LogP) is 2.51. The van der Waals surface area contributed by atoms with Crippen molar-refractivity contribution in [2.75, 3.05) is 0 Å². The second-order valence-electron chi connectivity index (χ2n) is 5.82. The van der Waals surface area contributed by atoms with E-state index in [1.54, 1.807) is 0 Å². The fourth-order valence-corrected chi connectivity index (χ4v) is 4.71. The molecule has 0 spiro atoms. The highest BCUT2D eigenvalue weighted by atomic mass is 32.2. The van der Waals surface area contributed by atoms with Gasteiger partial charge in [-0.3, -0.25) is 10.2 Å².